The first-order valence-corrected chi connectivity index (χ1v) is 8.60. The van der Waals surface area contributed by atoms with Gasteiger partial charge in [-0.15, -0.1) is 0 Å². The molecule has 0 aliphatic carbocycles. The van der Waals surface area contributed by atoms with Crippen molar-refractivity contribution in [2.45, 2.75) is 38.8 Å². The van der Waals surface area contributed by atoms with Crippen LogP contribution in [0.3, 0.4) is 0 Å². The lowest BCUT2D eigenvalue weighted by Crippen LogP contribution is -2.42. The Morgan fingerprint density at radius 1 is 1.50 bits per heavy atom. The van der Waals surface area contributed by atoms with Crippen LogP contribution < -0.4 is 11.1 Å². The van der Waals surface area contributed by atoms with E-state index in [9.17, 15) is 9.59 Å². The quantitative estimate of drug-likeness (QED) is 0.661. The third kappa shape index (κ3) is 5.34. The average Bonchev–Trinajstić information content (AvgIpc) is 3.00. The largest absolute Gasteiger partial charge is 0.464 e. The number of hydrogen-bond donors (Lipinski definition) is 2. The fraction of sp³-hybridized carbons (Fsp3) is 0.643. The number of hydrogen-bond acceptors (Lipinski definition) is 7. The molecule has 2 atom stereocenters. The molecule has 1 aromatic heterocycles. The van der Waals surface area contributed by atoms with Crippen LogP contribution in [0.2, 0.25) is 0 Å². The lowest BCUT2D eigenvalue weighted by Gasteiger charge is -2.16. The molecule has 22 heavy (non-hydrogen) atoms. The molecule has 0 aliphatic heterocycles. The Hall–Kier alpha value is -1.54. The van der Waals surface area contributed by atoms with Crippen molar-refractivity contribution in [3.8, 4) is 0 Å². The first-order valence-electron chi connectivity index (χ1n) is 7.20. The number of rotatable bonds is 9. The van der Waals surface area contributed by atoms with E-state index in [-0.39, 0.29) is 18.3 Å². The molecule has 7 nitrogen and oxygen atoms in total. The Kier molecular flexibility index (Phi) is 7.97. The summed E-state index contributed by atoms with van der Waals surface area (Å²) in [5.41, 5.74) is 5.91. The molecule has 2 unspecified atom stereocenters. The summed E-state index contributed by atoms with van der Waals surface area (Å²) in [6.07, 6.45) is 4.32. The number of carbonyl (C=O) groups is 2. The molecule has 0 saturated heterocycles. The summed E-state index contributed by atoms with van der Waals surface area (Å²) >= 11 is 1.59. The van der Waals surface area contributed by atoms with Gasteiger partial charge in [-0.05, 0) is 31.8 Å². The van der Waals surface area contributed by atoms with Gasteiger partial charge in [0.1, 0.15) is 12.3 Å². The molecule has 0 fully saturated rings. The minimum absolute atomic E-state index is 0.109. The van der Waals surface area contributed by atoms with Crippen molar-refractivity contribution in [3.63, 3.8) is 0 Å². The van der Waals surface area contributed by atoms with E-state index in [2.05, 4.69) is 10.3 Å². The highest BCUT2D eigenvalue weighted by molar-refractivity contribution is 7.98. The van der Waals surface area contributed by atoms with Gasteiger partial charge in [-0.2, -0.15) is 11.8 Å². The smallest absolute Gasteiger partial charge is 0.328 e. The van der Waals surface area contributed by atoms with Crippen molar-refractivity contribution in [2.75, 3.05) is 18.6 Å². The van der Waals surface area contributed by atoms with Crippen LogP contribution in [-0.4, -0.2) is 41.5 Å². The highest BCUT2D eigenvalue weighted by Gasteiger charge is 2.24. The van der Waals surface area contributed by atoms with E-state index in [1.54, 1.807) is 18.7 Å². The maximum atomic E-state index is 12.2. The van der Waals surface area contributed by atoms with E-state index < -0.39 is 17.9 Å². The molecule has 3 N–H and O–H groups in total. The Morgan fingerprint density at radius 2 is 2.23 bits per heavy atom. The zero-order valence-electron chi connectivity index (χ0n) is 13.1. The third-order valence-corrected chi connectivity index (χ3v) is 3.64. The number of ether oxygens (including phenoxy) is 1. The molecule has 0 aliphatic rings. The van der Waals surface area contributed by atoms with Gasteiger partial charge in [-0.25, -0.2) is 9.78 Å². The van der Waals surface area contributed by atoms with E-state index >= 15 is 0 Å². The number of nitrogens with one attached hydrogen (secondary N) is 1. The van der Waals surface area contributed by atoms with Crippen molar-refractivity contribution in [2.24, 2.45) is 5.73 Å². The summed E-state index contributed by atoms with van der Waals surface area (Å²) in [4.78, 5) is 28.1. The average molecular weight is 329 g/mol. The van der Waals surface area contributed by atoms with Crippen LogP contribution in [-0.2, 0) is 9.53 Å². The maximum Gasteiger partial charge on any atom is 0.328 e. The van der Waals surface area contributed by atoms with Crippen molar-refractivity contribution >= 4 is 23.6 Å². The SMILES string of the molecule is CCOC(=O)C(CCSC)NC(=O)c1coc(C(N)CC)n1. The Bertz CT molecular complexity index is 492. The molecule has 124 valence electrons. The summed E-state index contributed by atoms with van der Waals surface area (Å²) in [6.45, 7) is 3.89. The van der Waals surface area contributed by atoms with Gasteiger partial charge in [0, 0.05) is 0 Å². The molecule has 0 spiro atoms. The number of carbonyl (C=O) groups excluding carboxylic acids is 2. The predicted octanol–water partition coefficient (Wildman–Crippen LogP) is 1.50. The molecule has 1 rings (SSSR count). The van der Waals surface area contributed by atoms with Crippen LogP contribution in [0.5, 0.6) is 0 Å². The van der Waals surface area contributed by atoms with E-state index in [1.807, 2.05) is 13.2 Å². The number of amides is 1. The van der Waals surface area contributed by atoms with Crippen molar-refractivity contribution in [3.05, 3.63) is 17.8 Å². The second kappa shape index (κ2) is 9.47. The summed E-state index contributed by atoms with van der Waals surface area (Å²) in [5, 5.41) is 2.63. The summed E-state index contributed by atoms with van der Waals surface area (Å²) < 4.78 is 10.2. The van der Waals surface area contributed by atoms with Gasteiger partial charge in [-0.3, -0.25) is 4.79 Å². The molecule has 8 heteroatoms. The molecule has 0 saturated carbocycles. The van der Waals surface area contributed by atoms with Crippen molar-refractivity contribution in [1.29, 1.82) is 0 Å². The number of aromatic nitrogens is 1. The standard InChI is InChI=1S/C14H23N3O4S/c1-4-9(15)13-17-11(8-21-13)12(18)16-10(6-7-22-3)14(19)20-5-2/h8-10H,4-7,15H2,1-3H3,(H,16,18). The maximum absolute atomic E-state index is 12.2. The Morgan fingerprint density at radius 3 is 2.82 bits per heavy atom. The van der Waals surface area contributed by atoms with Gasteiger partial charge < -0.3 is 20.2 Å². The monoisotopic (exact) mass is 329 g/mol. The molecule has 0 aromatic carbocycles. The highest BCUT2D eigenvalue weighted by Crippen LogP contribution is 2.13. The summed E-state index contributed by atoms with van der Waals surface area (Å²) in [6, 6.07) is -1.04. The normalized spacial score (nSPS) is 13.5. The zero-order valence-corrected chi connectivity index (χ0v) is 13.9. The van der Waals surface area contributed by atoms with E-state index in [4.69, 9.17) is 14.9 Å². The molecule has 1 heterocycles. The van der Waals surface area contributed by atoms with Crippen LogP contribution in [0.25, 0.3) is 0 Å². The molecule has 1 amide bonds. The lowest BCUT2D eigenvalue weighted by molar-refractivity contribution is -0.145. The number of nitrogens with zero attached hydrogens (tertiary/aromatic N) is 1. The van der Waals surface area contributed by atoms with Crippen LogP contribution in [0, 0.1) is 0 Å². The van der Waals surface area contributed by atoms with E-state index in [1.165, 1.54) is 6.26 Å². The van der Waals surface area contributed by atoms with Crippen LogP contribution in [0.15, 0.2) is 10.7 Å². The number of oxazole rings is 1. The third-order valence-electron chi connectivity index (χ3n) is 3.00. The van der Waals surface area contributed by atoms with Crippen molar-refractivity contribution in [1.82, 2.24) is 10.3 Å². The van der Waals surface area contributed by atoms with Gasteiger partial charge >= 0.3 is 5.97 Å². The van der Waals surface area contributed by atoms with Gasteiger partial charge in [0.05, 0.1) is 12.6 Å². The summed E-state index contributed by atoms with van der Waals surface area (Å²) in [7, 11) is 0. The van der Waals surface area contributed by atoms with Gasteiger partial charge in [0.25, 0.3) is 5.91 Å². The van der Waals surface area contributed by atoms with Crippen LogP contribution in [0.4, 0.5) is 0 Å². The molecular weight excluding hydrogens is 306 g/mol. The van der Waals surface area contributed by atoms with E-state index in [0.717, 1.165) is 5.75 Å². The molecular formula is C14H23N3O4S. The van der Waals surface area contributed by atoms with Crippen LogP contribution in [0.1, 0.15) is 49.1 Å². The number of nitrogens with two attached hydrogens (primary N) is 1. The predicted molar refractivity (Wildman–Crippen MR) is 84.6 cm³/mol. The fourth-order valence-electron chi connectivity index (χ4n) is 1.70. The van der Waals surface area contributed by atoms with Gasteiger partial charge in [-0.1, -0.05) is 6.92 Å². The highest BCUT2D eigenvalue weighted by atomic mass is 32.2. The van der Waals surface area contributed by atoms with Crippen molar-refractivity contribution < 1.29 is 18.7 Å². The first-order chi connectivity index (χ1) is 10.5. The van der Waals surface area contributed by atoms with E-state index in [0.29, 0.717) is 18.7 Å². The van der Waals surface area contributed by atoms with Crippen LogP contribution >= 0.6 is 11.8 Å². The van der Waals surface area contributed by atoms with Gasteiger partial charge in [0.2, 0.25) is 5.89 Å². The zero-order chi connectivity index (χ0) is 16.5. The first kappa shape index (κ1) is 18.5. The molecule has 0 bridgehead atoms. The Balaban J connectivity index is 2.72. The summed E-state index contributed by atoms with van der Waals surface area (Å²) in [5.74, 6) is 0.120. The lowest BCUT2D eigenvalue weighted by atomic mass is 10.2. The molecule has 0 radical (unpaired) electrons. The Labute approximate surface area is 134 Å². The number of esters is 1. The molecule has 1 aromatic rings. The fourth-order valence-corrected chi connectivity index (χ4v) is 2.17. The second-order valence-corrected chi connectivity index (χ2v) is 5.63. The minimum Gasteiger partial charge on any atom is -0.464 e. The number of thioether (sulfide) groups is 1. The topological polar surface area (TPSA) is 107 Å². The van der Waals surface area contributed by atoms with Gasteiger partial charge in [0.15, 0.2) is 5.69 Å². The minimum atomic E-state index is -0.695. The second-order valence-electron chi connectivity index (χ2n) is 4.65.